The van der Waals surface area contributed by atoms with Crippen LogP contribution in [0.2, 0.25) is 0 Å². The molecule has 6 heteroatoms. The molecule has 0 radical (unpaired) electrons. The van der Waals surface area contributed by atoms with Crippen LogP contribution in [0.25, 0.3) is 0 Å². The lowest BCUT2D eigenvalue weighted by Crippen LogP contribution is -2.29. The van der Waals surface area contributed by atoms with Crippen LogP contribution >= 0.6 is 0 Å². The molecular formula is C10H18FN3O2. The molecule has 16 heavy (non-hydrogen) atoms. The first-order valence-corrected chi connectivity index (χ1v) is 4.93. The Morgan fingerprint density at radius 1 is 1.50 bits per heavy atom. The van der Waals surface area contributed by atoms with Gasteiger partial charge in [0.15, 0.2) is 0 Å². The Morgan fingerprint density at radius 2 is 2.06 bits per heavy atom. The van der Waals surface area contributed by atoms with Crippen molar-refractivity contribution in [1.29, 1.82) is 0 Å². The number of carboxylic acids is 1. The molecular weight excluding hydrogens is 213 g/mol. The smallest absolute Gasteiger partial charge is 0.320 e. The molecule has 1 unspecified atom stereocenters. The summed E-state index contributed by atoms with van der Waals surface area (Å²) >= 11 is 0. The molecule has 5 nitrogen and oxygen atoms in total. The van der Waals surface area contributed by atoms with Gasteiger partial charge in [-0.05, 0) is 32.3 Å². The van der Waals surface area contributed by atoms with Gasteiger partial charge < -0.3 is 16.6 Å². The van der Waals surface area contributed by atoms with Crippen molar-refractivity contribution in [2.45, 2.75) is 32.7 Å². The standard InChI is InChI=1S/C10H18FN3O2/c1-6(3-4-9(13)10(15)16)8(11)5-14-7(2)12/h9H,3-5,13H2,1-2H3,(H2,12,14)(H,15,16)/b8-6+. The van der Waals surface area contributed by atoms with Gasteiger partial charge in [-0.1, -0.05) is 0 Å². The third kappa shape index (κ3) is 6.13. The molecule has 0 amide bonds. The summed E-state index contributed by atoms with van der Waals surface area (Å²) < 4.78 is 13.3. The summed E-state index contributed by atoms with van der Waals surface area (Å²) in [5.41, 5.74) is 11.0. The largest absolute Gasteiger partial charge is 0.480 e. The molecule has 0 bridgehead atoms. The van der Waals surface area contributed by atoms with Gasteiger partial charge in [-0.3, -0.25) is 9.79 Å². The van der Waals surface area contributed by atoms with Crippen LogP contribution in [0.3, 0.4) is 0 Å². The molecule has 0 aliphatic heterocycles. The number of carboxylic acid groups (broad SMARTS) is 1. The highest BCUT2D eigenvalue weighted by Gasteiger charge is 2.12. The van der Waals surface area contributed by atoms with Crippen LogP contribution < -0.4 is 11.5 Å². The molecule has 0 aliphatic rings. The number of rotatable bonds is 6. The van der Waals surface area contributed by atoms with Gasteiger partial charge in [0.2, 0.25) is 0 Å². The van der Waals surface area contributed by atoms with Gasteiger partial charge in [0.25, 0.3) is 0 Å². The van der Waals surface area contributed by atoms with E-state index >= 15 is 0 Å². The fourth-order valence-corrected chi connectivity index (χ4v) is 0.960. The molecule has 5 N–H and O–H groups in total. The highest BCUT2D eigenvalue weighted by atomic mass is 19.1. The van der Waals surface area contributed by atoms with Crippen molar-refractivity contribution >= 4 is 11.8 Å². The van der Waals surface area contributed by atoms with E-state index < -0.39 is 12.0 Å². The first kappa shape index (κ1) is 14.6. The second-order valence-electron chi connectivity index (χ2n) is 3.63. The third-order valence-electron chi connectivity index (χ3n) is 2.08. The van der Waals surface area contributed by atoms with Crippen LogP contribution in [-0.4, -0.2) is 29.5 Å². The van der Waals surface area contributed by atoms with Crippen molar-refractivity contribution < 1.29 is 14.3 Å². The molecule has 0 rings (SSSR count). The number of aliphatic carboxylic acids is 1. The van der Waals surface area contributed by atoms with Crippen LogP contribution in [-0.2, 0) is 4.79 Å². The maximum absolute atomic E-state index is 13.3. The van der Waals surface area contributed by atoms with Gasteiger partial charge in [0.05, 0.1) is 12.4 Å². The minimum absolute atomic E-state index is 0.101. The zero-order valence-electron chi connectivity index (χ0n) is 9.53. The van der Waals surface area contributed by atoms with E-state index in [2.05, 4.69) is 4.99 Å². The van der Waals surface area contributed by atoms with E-state index in [1.807, 2.05) is 0 Å². The highest BCUT2D eigenvalue weighted by molar-refractivity contribution is 5.77. The molecule has 0 saturated heterocycles. The third-order valence-corrected chi connectivity index (χ3v) is 2.08. The number of allylic oxidation sites excluding steroid dienone is 1. The predicted molar refractivity (Wildman–Crippen MR) is 60.8 cm³/mol. The Morgan fingerprint density at radius 3 is 2.50 bits per heavy atom. The van der Waals surface area contributed by atoms with Gasteiger partial charge in [-0.15, -0.1) is 0 Å². The van der Waals surface area contributed by atoms with E-state index in [1.54, 1.807) is 13.8 Å². The van der Waals surface area contributed by atoms with Crippen molar-refractivity contribution in [1.82, 2.24) is 0 Å². The van der Waals surface area contributed by atoms with Gasteiger partial charge in [-0.2, -0.15) is 0 Å². The maximum atomic E-state index is 13.3. The molecule has 0 heterocycles. The van der Waals surface area contributed by atoms with Crippen LogP contribution in [0.4, 0.5) is 4.39 Å². The minimum Gasteiger partial charge on any atom is -0.480 e. The average molecular weight is 231 g/mol. The quantitative estimate of drug-likeness (QED) is 0.464. The molecule has 0 fully saturated rings. The summed E-state index contributed by atoms with van der Waals surface area (Å²) in [6.45, 7) is 3.06. The number of amidine groups is 1. The normalized spacial score (nSPS) is 15.6. The summed E-state index contributed by atoms with van der Waals surface area (Å²) in [7, 11) is 0. The zero-order chi connectivity index (χ0) is 12.7. The first-order valence-electron chi connectivity index (χ1n) is 4.93. The Kier molecular flexibility index (Phi) is 6.32. The first-order chi connectivity index (χ1) is 7.34. The lowest BCUT2D eigenvalue weighted by Gasteiger charge is -2.07. The van der Waals surface area contributed by atoms with Crippen LogP contribution in [0, 0.1) is 0 Å². The molecule has 0 aromatic carbocycles. The van der Waals surface area contributed by atoms with Gasteiger partial charge in [0.1, 0.15) is 11.9 Å². The number of nitrogens with zero attached hydrogens (tertiary/aromatic N) is 1. The maximum Gasteiger partial charge on any atom is 0.320 e. The van der Waals surface area contributed by atoms with Crippen LogP contribution in [0.5, 0.6) is 0 Å². The van der Waals surface area contributed by atoms with E-state index in [0.717, 1.165) is 0 Å². The molecule has 0 aromatic heterocycles. The Hall–Kier alpha value is -1.43. The van der Waals surface area contributed by atoms with E-state index in [4.69, 9.17) is 16.6 Å². The lowest BCUT2D eigenvalue weighted by atomic mass is 10.1. The van der Waals surface area contributed by atoms with E-state index in [0.29, 0.717) is 17.8 Å². The number of hydrogen-bond donors (Lipinski definition) is 3. The number of nitrogens with two attached hydrogens (primary N) is 2. The highest BCUT2D eigenvalue weighted by Crippen LogP contribution is 2.13. The van der Waals surface area contributed by atoms with Gasteiger partial charge >= 0.3 is 5.97 Å². The molecule has 0 aliphatic carbocycles. The summed E-state index contributed by atoms with van der Waals surface area (Å²) in [6.07, 6.45) is 0.512. The molecule has 0 saturated carbocycles. The zero-order valence-corrected chi connectivity index (χ0v) is 9.53. The lowest BCUT2D eigenvalue weighted by molar-refractivity contribution is -0.138. The van der Waals surface area contributed by atoms with E-state index in [9.17, 15) is 9.18 Å². The summed E-state index contributed by atoms with van der Waals surface area (Å²) in [5, 5.41) is 8.54. The Labute approximate surface area is 94.0 Å². The minimum atomic E-state index is -1.08. The number of carbonyl (C=O) groups is 1. The van der Waals surface area contributed by atoms with Crippen LogP contribution in [0.1, 0.15) is 26.7 Å². The fraction of sp³-hybridized carbons (Fsp3) is 0.600. The van der Waals surface area contributed by atoms with Crippen molar-refractivity contribution in [2.24, 2.45) is 16.5 Å². The van der Waals surface area contributed by atoms with Crippen molar-refractivity contribution in [3.05, 3.63) is 11.4 Å². The van der Waals surface area contributed by atoms with E-state index in [1.165, 1.54) is 0 Å². The second-order valence-corrected chi connectivity index (χ2v) is 3.63. The molecule has 92 valence electrons. The predicted octanol–water partition coefficient (Wildman–Crippen LogP) is 0.799. The average Bonchev–Trinajstić information content (AvgIpc) is 2.21. The molecule has 0 aromatic rings. The van der Waals surface area contributed by atoms with Gasteiger partial charge in [0, 0.05) is 0 Å². The van der Waals surface area contributed by atoms with Crippen molar-refractivity contribution in [3.8, 4) is 0 Å². The summed E-state index contributed by atoms with van der Waals surface area (Å²) in [5.74, 6) is -1.16. The summed E-state index contributed by atoms with van der Waals surface area (Å²) in [6, 6.07) is -0.956. The fourth-order valence-electron chi connectivity index (χ4n) is 0.960. The van der Waals surface area contributed by atoms with Crippen LogP contribution in [0.15, 0.2) is 16.4 Å². The molecule has 1 atom stereocenters. The molecule has 0 spiro atoms. The van der Waals surface area contributed by atoms with Crippen molar-refractivity contribution in [3.63, 3.8) is 0 Å². The van der Waals surface area contributed by atoms with E-state index in [-0.39, 0.29) is 18.8 Å². The topological polar surface area (TPSA) is 102 Å². The monoisotopic (exact) mass is 231 g/mol. The van der Waals surface area contributed by atoms with Gasteiger partial charge in [-0.25, -0.2) is 4.39 Å². The number of hydrogen-bond acceptors (Lipinski definition) is 3. The SMILES string of the molecule is CC(N)=NC/C(F)=C(/C)CCC(N)C(=O)O. The summed E-state index contributed by atoms with van der Waals surface area (Å²) in [4.78, 5) is 14.1. The second kappa shape index (κ2) is 6.95. The number of halogens is 1. The van der Waals surface area contributed by atoms with Crippen molar-refractivity contribution in [2.75, 3.05) is 6.54 Å². The Bertz CT molecular complexity index is 309. The Balaban J connectivity index is 4.21. The number of aliphatic imine (C=N–C) groups is 1.